The van der Waals surface area contributed by atoms with Gasteiger partial charge in [-0.15, -0.1) is 0 Å². The predicted molar refractivity (Wildman–Crippen MR) is 162 cm³/mol. The molecule has 214 valence electrons. The minimum Gasteiger partial charge on any atom is -0.481 e. The van der Waals surface area contributed by atoms with Crippen LogP contribution in [0.15, 0.2) is 92.4 Å². The SMILES string of the molecule is C/C(=C\C(=O)N(C=O)CCN(CCN1C(=O)C=C(Sc2ccccc2)C1=S)C(=O)CCC(=O)O)Sc1ccccc1. The number of nitrogens with zero attached hydrogens (tertiary/aromatic N) is 3. The number of benzene rings is 2. The summed E-state index contributed by atoms with van der Waals surface area (Å²) in [7, 11) is 0. The van der Waals surface area contributed by atoms with Crippen LogP contribution < -0.4 is 0 Å². The fraction of sp³-hybridized carbons (Fsp3) is 0.241. The molecule has 1 aliphatic heterocycles. The first-order valence-corrected chi connectivity index (χ1v) is 14.7. The first-order chi connectivity index (χ1) is 19.7. The quantitative estimate of drug-likeness (QED) is 0.137. The highest BCUT2D eigenvalue weighted by atomic mass is 32.2. The molecule has 4 amide bonds. The van der Waals surface area contributed by atoms with Gasteiger partial charge >= 0.3 is 5.97 Å². The molecule has 1 heterocycles. The number of hydrogen-bond donors (Lipinski definition) is 1. The Morgan fingerprint density at radius 2 is 1.59 bits per heavy atom. The van der Waals surface area contributed by atoms with E-state index < -0.39 is 17.8 Å². The molecule has 41 heavy (non-hydrogen) atoms. The van der Waals surface area contributed by atoms with Gasteiger partial charge in [-0.1, -0.05) is 72.1 Å². The summed E-state index contributed by atoms with van der Waals surface area (Å²) >= 11 is 8.26. The van der Waals surface area contributed by atoms with E-state index in [9.17, 15) is 24.0 Å². The molecule has 2 aromatic rings. The maximum Gasteiger partial charge on any atom is 0.303 e. The average molecular weight is 612 g/mol. The van der Waals surface area contributed by atoms with Crippen LogP contribution in [0.2, 0.25) is 0 Å². The smallest absolute Gasteiger partial charge is 0.303 e. The zero-order chi connectivity index (χ0) is 29.8. The number of carbonyl (C=O) groups excluding carboxylic acids is 4. The number of amides is 4. The van der Waals surface area contributed by atoms with Gasteiger partial charge in [0, 0.05) is 54.5 Å². The van der Waals surface area contributed by atoms with Gasteiger partial charge < -0.3 is 10.0 Å². The van der Waals surface area contributed by atoms with Gasteiger partial charge in [0.15, 0.2) is 0 Å². The monoisotopic (exact) mass is 611 g/mol. The number of aliphatic carboxylic acids is 1. The average Bonchev–Trinajstić information content (AvgIpc) is 3.21. The summed E-state index contributed by atoms with van der Waals surface area (Å²) in [6.45, 7) is 1.74. The molecule has 0 aromatic heterocycles. The molecule has 1 N–H and O–H groups in total. The van der Waals surface area contributed by atoms with Crippen molar-refractivity contribution < 1.29 is 29.1 Å². The highest BCUT2D eigenvalue weighted by molar-refractivity contribution is 8.05. The number of carboxylic acid groups (broad SMARTS) is 1. The number of allylic oxidation sites excluding steroid dienone is 1. The molecular formula is C29H29N3O6S3. The number of rotatable bonds is 15. The van der Waals surface area contributed by atoms with Crippen molar-refractivity contribution in [2.45, 2.75) is 29.6 Å². The van der Waals surface area contributed by atoms with Crippen molar-refractivity contribution >= 4 is 70.8 Å². The summed E-state index contributed by atoms with van der Waals surface area (Å²) in [5, 5.41) is 9.03. The molecule has 9 nitrogen and oxygen atoms in total. The third-order valence-corrected chi connectivity index (χ3v) is 8.37. The van der Waals surface area contributed by atoms with Gasteiger partial charge in [-0.3, -0.25) is 33.8 Å². The summed E-state index contributed by atoms with van der Waals surface area (Å²) in [5.74, 6) is -2.45. The minimum atomic E-state index is -1.12. The van der Waals surface area contributed by atoms with Crippen molar-refractivity contribution in [3.8, 4) is 0 Å². The molecule has 12 heteroatoms. The van der Waals surface area contributed by atoms with Crippen LogP contribution in [0, 0.1) is 0 Å². The van der Waals surface area contributed by atoms with E-state index in [0.717, 1.165) is 14.7 Å². The number of carbonyl (C=O) groups is 5. The second-order valence-electron chi connectivity index (χ2n) is 8.80. The number of thioether (sulfide) groups is 2. The lowest BCUT2D eigenvalue weighted by atomic mass is 10.2. The first kappa shape index (κ1) is 31.8. The molecule has 0 saturated carbocycles. The number of imide groups is 1. The molecule has 2 aromatic carbocycles. The van der Waals surface area contributed by atoms with E-state index in [2.05, 4.69) is 0 Å². The molecule has 0 aliphatic carbocycles. The lowest BCUT2D eigenvalue weighted by molar-refractivity contribution is -0.141. The summed E-state index contributed by atoms with van der Waals surface area (Å²) < 4.78 is 0. The Balaban J connectivity index is 1.62. The van der Waals surface area contributed by atoms with Gasteiger partial charge in [0.1, 0.15) is 4.99 Å². The molecule has 0 fully saturated rings. The first-order valence-electron chi connectivity index (χ1n) is 12.6. The molecule has 0 atom stereocenters. The minimum absolute atomic E-state index is 0.0323. The Labute approximate surface area is 252 Å². The van der Waals surface area contributed by atoms with E-state index in [0.29, 0.717) is 21.2 Å². The summed E-state index contributed by atoms with van der Waals surface area (Å²) in [6, 6.07) is 18.9. The number of hydrogen-bond acceptors (Lipinski definition) is 8. The molecule has 0 saturated heterocycles. The molecule has 0 bridgehead atoms. The van der Waals surface area contributed by atoms with Crippen LogP contribution in [-0.4, -0.2) is 81.1 Å². The number of thiocarbonyl (C=S) groups is 1. The van der Waals surface area contributed by atoms with Crippen LogP contribution in [-0.2, 0) is 24.0 Å². The molecule has 0 unspecified atom stereocenters. The van der Waals surface area contributed by atoms with Crippen LogP contribution in [0.3, 0.4) is 0 Å². The Bertz CT molecular complexity index is 1350. The van der Waals surface area contributed by atoms with Gasteiger partial charge in [0.25, 0.3) is 11.8 Å². The van der Waals surface area contributed by atoms with E-state index in [-0.39, 0.29) is 44.9 Å². The summed E-state index contributed by atoms with van der Waals surface area (Å²) in [5.41, 5.74) is 0. The van der Waals surface area contributed by atoms with Crippen molar-refractivity contribution in [2.24, 2.45) is 0 Å². The second kappa shape index (κ2) is 15.9. The molecule has 0 radical (unpaired) electrons. The Morgan fingerprint density at radius 1 is 0.951 bits per heavy atom. The van der Waals surface area contributed by atoms with E-state index in [1.165, 1.54) is 45.5 Å². The van der Waals surface area contributed by atoms with Gasteiger partial charge in [-0.25, -0.2) is 0 Å². The molecule has 0 spiro atoms. The fourth-order valence-electron chi connectivity index (χ4n) is 3.74. The lowest BCUT2D eigenvalue weighted by Gasteiger charge is -2.27. The van der Waals surface area contributed by atoms with Crippen molar-refractivity contribution in [2.75, 3.05) is 26.2 Å². The third kappa shape index (κ3) is 9.99. The van der Waals surface area contributed by atoms with E-state index in [1.54, 1.807) is 6.92 Å². The predicted octanol–water partition coefficient (Wildman–Crippen LogP) is 4.21. The normalized spacial score (nSPS) is 13.1. The zero-order valence-electron chi connectivity index (χ0n) is 22.3. The van der Waals surface area contributed by atoms with Gasteiger partial charge in [-0.2, -0.15) is 0 Å². The largest absolute Gasteiger partial charge is 0.481 e. The molecule has 3 rings (SSSR count). The van der Waals surface area contributed by atoms with Crippen LogP contribution >= 0.6 is 35.7 Å². The van der Waals surface area contributed by atoms with Crippen LogP contribution in [0.1, 0.15) is 19.8 Å². The van der Waals surface area contributed by atoms with Crippen molar-refractivity contribution in [3.63, 3.8) is 0 Å². The van der Waals surface area contributed by atoms with Gasteiger partial charge in [0.05, 0.1) is 11.3 Å². The van der Waals surface area contributed by atoms with Crippen molar-refractivity contribution in [1.29, 1.82) is 0 Å². The van der Waals surface area contributed by atoms with Crippen molar-refractivity contribution in [3.05, 3.63) is 82.6 Å². The van der Waals surface area contributed by atoms with E-state index >= 15 is 0 Å². The van der Waals surface area contributed by atoms with Crippen LogP contribution in [0.25, 0.3) is 0 Å². The van der Waals surface area contributed by atoms with Crippen LogP contribution in [0.5, 0.6) is 0 Å². The lowest BCUT2D eigenvalue weighted by Crippen LogP contribution is -2.44. The van der Waals surface area contributed by atoms with Crippen LogP contribution in [0.4, 0.5) is 0 Å². The summed E-state index contributed by atoms with van der Waals surface area (Å²) in [4.78, 5) is 68.3. The van der Waals surface area contributed by atoms with E-state index in [1.807, 2.05) is 60.7 Å². The zero-order valence-corrected chi connectivity index (χ0v) is 24.8. The van der Waals surface area contributed by atoms with Gasteiger partial charge in [-0.05, 0) is 36.1 Å². The molecule has 1 aliphatic rings. The highest BCUT2D eigenvalue weighted by Crippen LogP contribution is 2.32. The highest BCUT2D eigenvalue weighted by Gasteiger charge is 2.29. The Kier molecular flexibility index (Phi) is 12.3. The van der Waals surface area contributed by atoms with Crippen molar-refractivity contribution in [1.82, 2.24) is 14.7 Å². The fourth-order valence-corrected chi connectivity index (χ4v) is 5.84. The standard InChI is InChI=1S/C29H29N3O6S3/c1-21(40-22-8-4-2-5-9-22)18-26(35)31(20-33)15-14-30(25(34)12-13-28(37)38)16-17-32-27(36)19-24(29(32)39)41-23-10-6-3-7-11-23/h2-11,18-20H,12-17H2,1H3,(H,37,38)/b21-18+. The topological polar surface area (TPSA) is 115 Å². The maximum absolute atomic E-state index is 12.9. The number of carboxylic acids is 1. The second-order valence-corrected chi connectivity index (χ2v) is 11.6. The summed E-state index contributed by atoms with van der Waals surface area (Å²) in [6.07, 6.45) is 2.57. The maximum atomic E-state index is 12.9. The molecular weight excluding hydrogens is 583 g/mol. The Morgan fingerprint density at radius 3 is 2.20 bits per heavy atom. The Hall–Kier alpha value is -3.74. The third-order valence-electron chi connectivity index (χ3n) is 5.82. The van der Waals surface area contributed by atoms with Gasteiger partial charge in [0.2, 0.25) is 12.3 Å². The van der Waals surface area contributed by atoms with E-state index in [4.69, 9.17) is 17.3 Å².